The number of rotatable bonds is 3. The van der Waals surface area contributed by atoms with Crippen LogP contribution in [-0.4, -0.2) is 13.2 Å². The van der Waals surface area contributed by atoms with Crippen LogP contribution in [0.3, 0.4) is 0 Å². The van der Waals surface area contributed by atoms with Gasteiger partial charge in [0.25, 0.3) is 0 Å². The van der Waals surface area contributed by atoms with Crippen LogP contribution in [0.5, 0.6) is 11.5 Å². The van der Waals surface area contributed by atoms with Gasteiger partial charge in [-0.15, -0.1) is 0 Å². The van der Waals surface area contributed by atoms with Crippen molar-refractivity contribution >= 4 is 0 Å². The summed E-state index contributed by atoms with van der Waals surface area (Å²) in [6, 6.07) is 12.1. The lowest BCUT2D eigenvalue weighted by atomic mass is 9.95. The van der Waals surface area contributed by atoms with Gasteiger partial charge in [0.2, 0.25) is 0 Å². The summed E-state index contributed by atoms with van der Waals surface area (Å²) in [6.45, 7) is 4.15. The van der Waals surface area contributed by atoms with Gasteiger partial charge in [-0.2, -0.15) is 0 Å². The summed E-state index contributed by atoms with van der Waals surface area (Å²) in [5.41, 5.74) is 11.0. The van der Waals surface area contributed by atoms with Crippen molar-refractivity contribution in [1.29, 1.82) is 0 Å². The predicted molar refractivity (Wildman–Crippen MR) is 84.0 cm³/mol. The lowest BCUT2D eigenvalue weighted by Gasteiger charge is -2.17. The summed E-state index contributed by atoms with van der Waals surface area (Å²) >= 11 is 0. The third-order valence-electron chi connectivity index (χ3n) is 4.00. The molecule has 2 atom stereocenters. The highest BCUT2D eigenvalue weighted by Crippen LogP contribution is 2.34. The minimum absolute atomic E-state index is 0.193. The summed E-state index contributed by atoms with van der Waals surface area (Å²) in [4.78, 5) is 0. The van der Waals surface area contributed by atoms with Crippen molar-refractivity contribution in [1.82, 2.24) is 0 Å². The molecule has 110 valence electrons. The molecule has 21 heavy (non-hydrogen) atoms. The second-order valence-corrected chi connectivity index (χ2v) is 5.72. The first kappa shape index (κ1) is 14.0. The maximum absolute atomic E-state index is 6.47. The molecular weight excluding hydrogens is 262 g/mol. The van der Waals surface area contributed by atoms with Gasteiger partial charge in [-0.05, 0) is 37.1 Å². The number of benzene rings is 2. The fraction of sp³-hybridized carbons (Fsp3) is 0.333. The van der Waals surface area contributed by atoms with E-state index in [2.05, 4.69) is 26.0 Å². The Hall–Kier alpha value is -2.00. The second-order valence-electron chi connectivity index (χ2n) is 5.72. The fourth-order valence-corrected chi connectivity index (χ4v) is 2.91. The molecule has 3 rings (SSSR count). The zero-order chi connectivity index (χ0) is 15.0. The summed E-state index contributed by atoms with van der Waals surface area (Å²) in [5.74, 6) is 1.81. The Labute approximate surface area is 125 Å². The molecule has 1 aliphatic rings. The topological polar surface area (TPSA) is 44.5 Å². The first-order valence-electron chi connectivity index (χ1n) is 7.28. The lowest BCUT2D eigenvalue weighted by Crippen LogP contribution is -2.13. The van der Waals surface area contributed by atoms with Gasteiger partial charge in [0.05, 0.1) is 13.2 Å². The van der Waals surface area contributed by atoms with Crippen molar-refractivity contribution in [2.75, 3.05) is 7.11 Å². The molecule has 0 bridgehead atoms. The molecule has 1 aliphatic heterocycles. The molecule has 0 fully saturated rings. The van der Waals surface area contributed by atoms with E-state index >= 15 is 0 Å². The Balaban J connectivity index is 1.98. The molecule has 2 aromatic carbocycles. The van der Waals surface area contributed by atoms with Gasteiger partial charge in [0.1, 0.15) is 17.6 Å². The number of nitrogens with two attached hydrogens (primary N) is 1. The van der Waals surface area contributed by atoms with E-state index in [9.17, 15) is 0 Å². The molecule has 0 radical (unpaired) electrons. The quantitative estimate of drug-likeness (QED) is 0.939. The molecule has 0 saturated carbocycles. The fourth-order valence-electron chi connectivity index (χ4n) is 2.91. The van der Waals surface area contributed by atoms with Crippen LogP contribution < -0.4 is 15.2 Å². The standard InChI is InChI=1S/C18H21NO2/c1-11-4-6-17(20-3)15(8-11)18(19)13-5-7-16-14(10-13)9-12(2)21-16/h4-8,10,12,18H,9,19H2,1-3H3. The molecule has 2 aromatic rings. The molecular formula is C18H21NO2. The van der Waals surface area contributed by atoms with Crippen molar-refractivity contribution in [2.45, 2.75) is 32.4 Å². The van der Waals surface area contributed by atoms with Gasteiger partial charge < -0.3 is 15.2 Å². The van der Waals surface area contributed by atoms with E-state index in [1.165, 1.54) is 11.1 Å². The Bertz CT molecular complexity index is 666. The third kappa shape index (κ3) is 2.61. The molecule has 1 heterocycles. The maximum atomic E-state index is 6.47. The van der Waals surface area contributed by atoms with Crippen molar-refractivity contribution in [3.8, 4) is 11.5 Å². The number of hydrogen-bond acceptors (Lipinski definition) is 3. The predicted octanol–water partition coefficient (Wildman–Crippen LogP) is 3.38. The van der Waals surface area contributed by atoms with E-state index in [1.54, 1.807) is 7.11 Å². The molecule has 0 spiro atoms. The highest BCUT2D eigenvalue weighted by molar-refractivity contribution is 5.47. The Morgan fingerprint density at radius 2 is 2.05 bits per heavy atom. The van der Waals surface area contributed by atoms with Crippen LogP contribution in [0.2, 0.25) is 0 Å². The highest BCUT2D eigenvalue weighted by Gasteiger charge is 2.21. The van der Waals surface area contributed by atoms with Crippen LogP contribution in [0.15, 0.2) is 36.4 Å². The smallest absolute Gasteiger partial charge is 0.123 e. The Kier molecular flexibility index (Phi) is 3.60. The largest absolute Gasteiger partial charge is 0.496 e. The molecule has 3 heteroatoms. The van der Waals surface area contributed by atoms with Gasteiger partial charge >= 0.3 is 0 Å². The van der Waals surface area contributed by atoms with Gasteiger partial charge in [-0.1, -0.05) is 29.8 Å². The van der Waals surface area contributed by atoms with E-state index in [1.807, 2.05) is 24.3 Å². The number of hydrogen-bond donors (Lipinski definition) is 1. The summed E-state index contributed by atoms with van der Waals surface area (Å²) in [6.07, 6.45) is 1.20. The van der Waals surface area contributed by atoms with E-state index in [-0.39, 0.29) is 12.1 Å². The first-order valence-corrected chi connectivity index (χ1v) is 7.28. The summed E-state index contributed by atoms with van der Waals surface area (Å²) < 4.78 is 11.2. The monoisotopic (exact) mass is 283 g/mol. The van der Waals surface area contributed by atoms with Crippen LogP contribution in [0, 0.1) is 6.92 Å². The second kappa shape index (κ2) is 5.41. The van der Waals surface area contributed by atoms with Crippen LogP contribution in [-0.2, 0) is 6.42 Å². The van der Waals surface area contributed by atoms with Crippen molar-refractivity contribution < 1.29 is 9.47 Å². The number of aryl methyl sites for hydroxylation is 1. The summed E-state index contributed by atoms with van der Waals surface area (Å²) in [7, 11) is 1.68. The number of ether oxygens (including phenoxy) is 2. The highest BCUT2D eigenvalue weighted by atomic mass is 16.5. The summed E-state index contributed by atoms with van der Waals surface area (Å²) in [5, 5.41) is 0. The number of fused-ring (bicyclic) bond motifs is 1. The average molecular weight is 283 g/mol. The molecule has 0 amide bonds. The van der Waals surface area contributed by atoms with Gasteiger partial charge in [-0.25, -0.2) is 0 Å². The van der Waals surface area contributed by atoms with Crippen molar-refractivity contribution in [2.24, 2.45) is 5.73 Å². The zero-order valence-corrected chi connectivity index (χ0v) is 12.7. The van der Waals surface area contributed by atoms with Crippen LogP contribution in [0.1, 0.15) is 35.2 Å². The zero-order valence-electron chi connectivity index (χ0n) is 12.7. The molecule has 3 nitrogen and oxygen atoms in total. The average Bonchev–Trinajstić information content (AvgIpc) is 2.85. The Morgan fingerprint density at radius 3 is 2.81 bits per heavy atom. The van der Waals surface area contributed by atoms with Crippen LogP contribution in [0.25, 0.3) is 0 Å². The van der Waals surface area contributed by atoms with E-state index in [0.29, 0.717) is 0 Å². The van der Waals surface area contributed by atoms with E-state index < -0.39 is 0 Å². The van der Waals surface area contributed by atoms with Crippen molar-refractivity contribution in [3.63, 3.8) is 0 Å². The minimum atomic E-state index is -0.193. The number of methoxy groups -OCH3 is 1. The SMILES string of the molecule is COc1ccc(C)cc1C(N)c1ccc2c(c1)CC(C)O2. The molecule has 2 N–H and O–H groups in total. The lowest BCUT2D eigenvalue weighted by molar-refractivity contribution is 0.254. The molecule has 0 aliphatic carbocycles. The van der Waals surface area contributed by atoms with Gasteiger partial charge in [0, 0.05) is 12.0 Å². The van der Waals surface area contributed by atoms with Crippen LogP contribution in [0.4, 0.5) is 0 Å². The van der Waals surface area contributed by atoms with Gasteiger partial charge in [-0.3, -0.25) is 0 Å². The van der Waals surface area contributed by atoms with Crippen molar-refractivity contribution in [3.05, 3.63) is 58.7 Å². The Morgan fingerprint density at radius 1 is 1.24 bits per heavy atom. The first-order chi connectivity index (χ1) is 10.1. The normalized spacial score (nSPS) is 18.0. The maximum Gasteiger partial charge on any atom is 0.123 e. The minimum Gasteiger partial charge on any atom is -0.496 e. The van der Waals surface area contributed by atoms with E-state index in [0.717, 1.165) is 29.0 Å². The third-order valence-corrected chi connectivity index (χ3v) is 4.00. The molecule has 2 unspecified atom stereocenters. The molecule has 0 saturated heterocycles. The van der Waals surface area contributed by atoms with E-state index in [4.69, 9.17) is 15.2 Å². The molecule has 0 aromatic heterocycles. The van der Waals surface area contributed by atoms with Crippen LogP contribution >= 0.6 is 0 Å². The van der Waals surface area contributed by atoms with Gasteiger partial charge in [0.15, 0.2) is 0 Å².